The van der Waals surface area contributed by atoms with Crippen molar-refractivity contribution in [2.24, 2.45) is 0 Å². The van der Waals surface area contributed by atoms with E-state index < -0.39 is 10.0 Å². The van der Waals surface area contributed by atoms with E-state index in [0.29, 0.717) is 27.8 Å². The first-order chi connectivity index (χ1) is 12.9. The predicted octanol–water partition coefficient (Wildman–Crippen LogP) is 3.78. The molecule has 0 bridgehead atoms. The molecule has 3 rings (SSSR count). The highest BCUT2D eigenvalue weighted by Gasteiger charge is 2.24. The quantitative estimate of drug-likeness (QED) is 0.725. The van der Waals surface area contributed by atoms with Gasteiger partial charge < -0.3 is 9.84 Å². The molecule has 0 radical (unpaired) electrons. The number of anilines is 1. The summed E-state index contributed by atoms with van der Waals surface area (Å²) in [6, 6.07) is 3.39. The summed E-state index contributed by atoms with van der Waals surface area (Å²) in [5.41, 5.74) is 1.12. The molecule has 1 saturated carbocycles. The Bertz CT molecular complexity index is 938. The Labute approximate surface area is 162 Å². The summed E-state index contributed by atoms with van der Waals surface area (Å²) in [6.45, 7) is 3.51. The van der Waals surface area contributed by atoms with Crippen molar-refractivity contribution >= 4 is 45.1 Å². The van der Waals surface area contributed by atoms with Crippen molar-refractivity contribution in [3.63, 3.8) is 0 Å². The zero-order valence-corrected chi connectivity index (χ0v) is 17.0. The third-order valence-electron chi connectivity index (χ3n) is 4.42. The molecule has 146 valence electrons. The monoisotopic (exact) mass is 409 g/mol. The molecule has 0 aliphatic heterocycles. The maximum absolute atomic E-state index is 12.5. The average molecular weight is 410 g/mol. The number of hydrogen-bond donors (Lipinski definition) is 2. The fourth-order valence-corrected chi connectivity index (χ4v) is 5.48. The topological polar surface area (TPSA) is 101 Å². The highest BCUT2D eigenvalue weighted by atomic mass is 32.2. The van der Waals surface area contributed by atoms with Crippen LogP contribution in [0.4, 0.5) is 5.69 Å². The molecule has 2 heterocycles. The molecule has 0 spiro atoms. The van der Waals surface area contributed by atoms with Crippen LogP contribution < -0.4 is 10.0 Å². The molecule has 2 aromatic rings. The molecule has 0 aromatic carbocycles. The maximum atomic E-state index is 12.5. The van der Waals surface area contributed by atoms with Gasteiger partial charge in [-0.3, -0.25) is 4.79 Å². The van der Waals surface area contributed by atoms with Crippen molar-refractivity contribution in [2.45, 2.75) is 56.2 Å². The first-order valence-corrected chi connectivity index (χ1v) is 11.3. The summed E-state index contributed by atoms with van der Waals surface area (Å²) in [7, 11) is -3.49. The summed E-state index contributed by atoms with van der Waals surface area (Å²) >= 11 is 1.19. The number of carbonyl (C=O) groups excluding carboxylic acids is 1. The molecular weight excluding hydrogens is 386 g/mol. The van der Waals surface area contributed by atoms with E-state index in [9.17, 15) is 13.2 Å². The fraction of sp³-hybridized carbons (Fsp3) is 0.444. The number of nitrogens with one attached hydrogen (secondary N) is 2. The molecule has 0 atom stereocenters. The maximum Gasteiger partial charge on any atom is 0.250 e. The molecular formula is C18H23N3O4S2. The summed E-state index contributed by atoms with van der Waals surface area (Å²) < 4.78 is 33.3. The van der Waals surface area contributed by atoms with Crippen LogP contribution in [0.2, 0.25) is 0 Å². The third-order valence-corrected chi connectivity index (χ3v) is 7.48. The molecule has 0 unspecified atom stereocenters. The Morgan fingerprint density at radius 1 is 1.33 bits per heavy atom. The number of amides is 1. The second kappa shape index (κ2) is 8.37. The van der Waals surface area contributed by atoms with Crippen molar-refractivity contribution in [1.82, 2.24) is 9.88 Å². The van der Waals surface area contributed by atoms with E-state index in [2.05, 4.69) is 15.2 Å². The van der Waals surface area contributed by atoms with Crippen LogP contribution in [-0.2, 0) is 14.8 Å². The highest BCUT2D eigenvalue weighted by Crippen LogP contribution is 2.27. The molecule has 0 saturated heterocycles. The van der Waals surface area contributed by atoms with Crippen LogP contribution in [0.25, 0.3) is 12.2 Å². The van der Waals surface area contributed by atoms with Gasteiger partial charge in [0.2, 0.25) is 15.9 Å². The Balaban J connectivity index is 1.73. The van der Waals surface area contributed by atoms with Gasteiger partial charge in [0.15, 0.2) is 5.76 Å². The van der Waals surface area contributed by atoms with Gasteiger partial charge in [0.25, 0.3) is 0 Å². The Kier molecular flexibility index (Phi) is 6.13. The minimum absolute atomic E-state index is 0.0398. The number of aryl methyl sites for hydroxylation is 1. The van der Waals surface area contributed by atoms with E-state index in [1.165, 1.54) is 11.3 Å². The SMILES string of the molecule is CCC(=O)Nc1c(C)noc1C=Cc1ccc(S(=O)(=O)NC2CCCC2)s1. The van der Waals surface area contributed by atoms with Crippen LogP contribution in [0.5, 0.6) is 0 Å². The molecule has 27 heavy (non-hydrogen) atoms. The van der Waals surface area contributed by atoms with Gasteiger partial charge in [-0.2, -0.15) is 0 Å². The van der Waals surface area contributed by atoms with Gasteiger partial charge in [-0.25, -0.2) is 13.1 Å². The van der Waals surface area contributed by atoms with Gasteiger partial charge in [-0.05, 0) is 44.1 Å². The first kappa shape index (κ1) is 19.8. The van der Waals surface area contributed by atoms with Crippen molar-refractivity contribution in [3.05, 3.63) is 28.5 Å². The second-order valence-electron chi connectivity index (χ2n) is 6.50. The Morgan fingerprint density at radius 2 is 2.07 bits per heavy atom. The molecule has 1 aliphatic carbocycles. The van der Waals surface area contributed by atoms with Crippen LogP contribution in [0, 0.1) is 6.92 Å². The van der Waals surface area contributed by atoms with Crippen LogP contribution in [0.3, 0.4) is 0 Å². The highest BCUT2D eigenvalue weighted by molar-refractivity contribution is 7.91. The van der Waals surface area contributed by atoms with E-state index in [4.69, 9.17) is 4.52 Å². The molecule has 1 fully saturated rings. The molecule has 1 amide bonds. The zero-order valence-electron chi connectivity index (χ0n) is 15.3. The van der Waals surface area contributed by atoms with Crippen molar-refractivity contribution < 1.29 is 17.7 Å². The average Bonchev–Trinajstić information content (AvgIpc) is 3.36. The number of thiophene rings is 1. The number of aromatic nitrogens is 1. The summed E-state index contributed by atoms with van der Waals surface area (Å²) in [5, 5.41) is 6.64. The minimum atomic E-state index is -3.49. The fourth-order valence-electron chi connectivity index (χ4n) is 2.93. The third kappa shape index (κ3) is 4.85. The van der Waals surface area contributed by atoms with E-state index in [1.807, 2.05) is 0 Å². The van der Waals surface area contributed by atoms with Gasteiger partial charge in [0, 0.05) is 17.3 Å². The minimum Gasteiger partial charge on any atom is -0.354 e. The molecule has 1 aliphatic rings. The Morgan fingerprint density at radius 3 is 2.78 bits per heavy atom. The zero-order chi connectivity index (χ0) is 19.4. The molecule has 7 nitrogen and oxygen atoms in total. The van der Waals surface area contributed by atoms with Crippen LogP contribution >= 0.6 is 11.3 Å². The van der Waals surface area contributed by atoms with Crippen molar-refractivity contribution in [2.75, 3.05) is 5.32 Å². The number of hydrogen-bond acceptors (Lipinski definition) is 6. The van der Waals surface area contributed by atoms with Gasteiger partial charge in [0.1, 0.15) is 15.6 Å². The molecule has 2 N–H and O–H groups in total. The number of carbonyl (C=O) groups is 1. The van der Waals surface area contributed by atoms with E-state index in [-0.39, 0.29) is 11.9 Å². The van der Waals surface area contributed by atoms with E-state index >= 15 is 0 Å². The molecule has 2 aromatic heterocycles. The van der Waals surface area contributed by atoms with Gasteiger partial charge >= 0.3 is 0 Å². The molecule has 9 heteroatoms. The number of nitrogens with zero attached hydrogens (tertiary/aromatic N) is 1. The Hall–Kier alpha value is -1.97. The first-order valence-electron chi connectivity index (χ1n) is 8.95. The lowest BCUT2D eigenvalue weighted by Gasteiger charge is -2.10. The lowest BCUT2D eigenvalue weighted by molar-refractivity contribution is -0.115. The smallest absolute Gasteiger partial charge is 0.250 e. The van der Waals surface area contributed by atoms with E-state index in [1.54, 1.807) is 38.1 Å². The van der Waals surface area contributed by atoms with Crippen LogP contribution in [0.15, 0.2) is 20.9 Å². The van der Waals surface area contributed by atoms with Gasteiger partial charge in [0.05, 0.1) is 0 Å². The lowest BCUT2D eigenvalue weighted by atomic mass is 10.2. The summed E-state index contributed by atoms with van der Waals surface area (Å²) in [5.74, 6) is 0.301. The standard InChI is InChI=1S/C18H23N3O4S2/c1-3-16(22)19-18-12(2)20-25-15(18)10-8-14-9-11-17(26-14)27(23,24)21-13-6-4-5-7-13/h8-11,13,21H,3-7H2,1-2H3,(H,19,22). The second-order valence-corrected chi connectivity index (χ2v) is 9.56. The largest absolute Gasteiger partial charge is 0.354 e. The summed E-state index contributed by atoms with van der Waals surface area (Å²) in [4.78, 5) is 12.4. The van der Waals surface area contributed by atoms with Gasteiger partial charge in [-0.15, -0.1) is 11.3 Å². The summed E-state index contributed by atoms with van der Waals surface area (Å²) in [6.07, 6.45) is 7.72. The van der Waals surface area contributed by atoms with E-state index in [0.717, 1.165) is 30.6 Å². The van der Waals surface area contributed by atoms with Crippen molar-refractivity contribution in [3.8, 4) is 0 Å². The predicted molar refractivity (Wildman–Crippen MR) is 106 cm³/mol. The van der Waals surface area contributed by atoms with Crippen LogP contribution in [0.1, 0.15) is 55.4 Å². The number of sulfonamides is 1. The van der Waals surface area contributed by atoms with Crippen molar-refractivity contribution in [1.29, 1.82) is 0 Å². The van der Waals surface area contributed by atoms with Crippen LogP contribution in [-0.4, -0.2) is 25.5 Å². The normalized spacial score (nSPS) is 15.6. The van der Waals surface area contributed by atoms with Gasteiger partial charge in [-0.1, -0.05) is 24.9 Å². The lowest BCUT2D eigenvalue weighted by Crippen LogP contribution is -2.32. The number of rotatable bonds is 7.